The summed E-state index contributed by atoms with van der Waals surface area (Å²) in [5.74, 6) is 5.28. The van der Waals surface area contributed by atoms with Crippen molar-refractivity contribution in [3.05, 3.63) is 0 Å². The molecule has 1 rings (SSSR count). The first-order valence-electron chi connectivity index (χ1n) is 4.47. The van der Waals surface area contributed by atoms with E-state index in [1.54, 1.807) is 0 Å². The van der Waals surface area contributed by atoms with Gasteiger partial charge in [-0.05, 0) is 26.7 Å². The van der Waals surface area contributed by atoms with Crippen LogP contribution in [0.2, 0.25) is 0 Å². The van der Waals surface area contributed by atoms with Crippen molar-refractivity contribution in [2.24, 2.45) is 11.3 Å². The van der Waals surface area contributed by atoms with Gasteiger partial charge in [-0.25, -0.2) is 5.90 Å². The van der Waals surface area contributed by atoms with E-state index in [9.17, 15) is 0 Å². The van der Waals surface area contributed by atoms with Gasteiger partial charge >= 0.3 is 0 Å². The molecule has 0 radical (unpaired) electrons. The standard InChI is InChI=1S/C9H19NO2/c1-8(2,12-10)9(3)4-6-11-7-5-9/h4-7,10H2,1-3H3. The summed E-state index contributed by atoms with van der Waals surface area (Å²) in [6.45, 7) is 7.94. The Labute approximate surface area is 74.2 Å². The largest absolute Gasteiger partial charge is 0.381 e. The van der Waals surface area contributed by atoms with Crippen molar-refractivity contribution in [3.8, 4) is 0 Å². The summed E-state index contributed by atoms with van der Waals surface area (Å²) in [6, 6.07) is 0. The van der Waals surface area contributed by atoms with Crippen LogP contribution in [0.25, 0.3) is 0 Å². The summed E-state index contributed by atoms with van der Waals surface area (Å²) in [7, 11) is 0. The average molecular weight is 173 g/mol. The summed E-state index contributed by atoms with van der Waals surface area (Å²) >= 11 is 0. The van der Waals surface area contributed by atoms with Gasteiger partial charge in [-0.15, -0.1) is 0 Å². The van der Waals surface area contributed by atoms with Crippen molar-refractivity contribution < 1.29 is 9.57 Å². The van der Waals surface area contributed by atoms with E-state index in [0.29, 0.717) is 0 Å². The maximum atomic E-state index is 5.31. The topological polar surface area (TPSA) is 44.5 Å². The van der Waals surface area contributed by atoms with Crippen molar-refractivity contribution in [2.75, 3.05) is 13.2 Å². The first-order chi connectivity index (χ1) is 5.52. The Morgan fingerprint density at radius 2 is 1.83 bits per heavy atom. The lowest BCUT2D eigenvalue weighted by molar-refractivity contribution is -0.143. The molecule has 0 atom stereocenters. The van der Waals surface area contributed by atoms with Crippen LogP contribution in [-0.4, -0.2) is 18.8 Å². The molecule has 0 spiro atoms. The van der Waals surface area contributed by atoms with Crippen molar-refractivity contribution >= 4 is 0 Å². The van der Waals surface area contributed by atoms with E-state index in [0.717, 1.165) is 26.1 Å². The summed E-state index contributed by atoms with van der Waals surface area (Å²) < 4.78 is 5.31. The molecule has 72 valence electrons. The van der Waals surface area contributed by atoms with Crippen LogP contribution in [0.1, 0.15) is 33.6 Å². The first kappa shape index (κ1) is 9.96. The van der Waals surface area contributed by atoms with Crippen LogP contribution in [0.5, 0.6) is 0 Å². The Hall–Kier alpha value is -0.120. The molecule has 0 unspecified atom stereocenters. The van der Waals surface area contributed by atoms with Crippen molar-refractivity contribution in [3.63, 3.8) is 0 Å². The minimum atomic E-state index is -0.253. The Morgan fingerprint density at radius 3 is 2.25 bits per heavy atom. The Morgan fingerprint density at radius 1 is 1.33 bits per heavy atom. The summed E-state index contributed by atoms with van der Waals surface area (Å²) in [4.78, 5) is 5.02. The third-order valence-corrected chi connectivity index (χ3v) is 3.34. The van der Waals surface area contributed by atoms with E-state index in [-0.39, 0.29) is 11.0 Å². The SMILES string of the molecule is CC1(C(C)(C)ON)CCOCC1. The lowest BCUT2D eigenvalue weighted by Crippen LogP contribution is -2.48. The van der Waals surface area contributed by atoms with Gasteiger partial charge in [-0.3, -0.25) is 4.84 Å². The van der Waals surface area contributed by atoms with Crippen molar-refractivity contribution in [2.45, 2.75) is 39.2 Å². The van der Waals surface area contributed by atoms with Crippen LogP contribution in [-0.2, 0) is 9.57 Å². The van der Waals surface area contributed by atoms with E-state index < -0.39 is 0 Å². The molecule has 0 aromatic carbocycles. The number of rotatable bonds is 2. The highest BCUT2D eigenvalue weighted by Gasteiger charge is 2.42. The lowest BCUT2D eigenvalue weighted by Gasteiger charge is -2.44. The van der Waals surface area contributed by atoms with Crippen LogP contribution in [0.15, 0.2) is 0 Å². The number of ether oxygens (including phenoxy) is 1. The zero-order valence-electron chi connectivity index (χ0n) is 8.22. The second kappa shape index (κ2) is 3.32. The number of nitrogens with two attached hydrogens (primary N) is 1. The molecular weight excluding hydrogens is 154 g/mol. The zero-order chi connectivity index (χ0) is 9.24. The third-order valence-electron chi connectivity index (χ3n) is 3.34. The van der Waals surface area contributed by atoms with Crippen LogP contribution < -0.4 is 5.90 Å². The van der Waals surface area contributed by atoms with Gasteiger partial charge in [-0.1, -0.05) is 6.92 Å². The maximum absolute atomic E-state index is 5.31. The van der Waals surface area contributed by atoms with Crippen LogP contribution in [0.4, 0.5) is 0 Å². The molecule has 3 heteroatoms. The van der Waals surface area contributed by atoms with E-state index >= 15 is 0 Å². The molecule has 2 N–H and O–H groups in total. The third kappa shape index (κ3) is 1.63. The van der Waals surface area contributed by atoms with E-state index in [1.807, 2.05) is 13.8 Å². The highest BCUT2D eigenvalue weighted by molar-refractivity contribution is 4.91. The van der Waals surface area contributed by atoms with Gasteiger partial charge in [0.05, 0.1) is 5.60 Å². The molecule has 0 amide bonds. The first-order valence-corrected chi connectivity index (χ1v) is 4.47. The van der Waals surface area contributed by atoms with Gasteiger partial charge < -0.3 is 4.74 Å². The second-order valence-corrected chi connectivity index (χ2v) is 4.30. The molecule has 12 heavy (non-hydrogen) atoms. The van der Waals surface area contributed by atoms with Gasteiger partial charge in [0, 0.05) is 18.6 Å². The van der Waals surface area contributed by atoms with Crippen molar-refractivity contribution in [1.29, 1.82) is 0 Å². The smallest absolute Gasteiger partial charge is 0.0892 e. The van der Waals surface area contributed by atoms with Gasteiger partial charge in [0.1, 0.15) is 0 Å². The van der Waals surface area contributed by atoms with Gasteiger partial charge in [-0.2, -0.15) is 0 Å². The second-order valence-electron chi connectivity index (χ2n) is 4.30. The summed E-state index contributed by atoms with van der Waals surface area (Å²) in [6.07, 6.45) is 2.05. The molecule has 1 aliphatic rings. The van der Waals surface area contributed by atoms with Crippen molar-refractivity contribution in [1.82, 2.24) is 0 Å². The predicted octanol–water partition coefficient (Wildman–Crippen LogP) is 1.47. The minimum Gasteiger partial charge on any atom is -0.381 e. The molecule has 1 aliphatic heterocycles. The van der Waals surface area contributed by atoms with Gasteiger partial charge in [0.25, 0.3) is 0 Å². The Kier molecular flexibility index (Phi) is 2.76. The fourth-order valence-electron chi connectivity index (χ4n) is 1.57. The van der Waals surface area contributed by atoms with Crippen LogP contribution in [0.3, 0.4) is 0 Å². The molecule has 0 aromatic heterocycles. The molecule has 1 heterocycles. The monoisotopic (exact) mass is 173 g/mol. The average Bonchev–Trinajstić information content (AvgIpc) is 2.06. The molecule has 0 saturated carbocycles. The normalized spacial score (nSPS) is 24.0. The molecule has 0 aliphatic carbocycles. The number of hydrogen-bond acceptors (Lipinski definition) is 3. The fraction of sp³-hybridized carbons (Fsp3) is 1.00. The molecule has 0 aromatic rings. The summed E-state index contributed by atoms with van der Waals surface area (Å²) in [5.41, 5.74) is -0.100. The quantitative estimate of drug-likeness (QED) is 0.643. The van der Waals surface area contributed by atoms with Gasteiger partial charge in [0.15, 0.2) is 0 Å². The molecule has 3 nitrogen and oxygen atoms in total. The van der Waals surface area contributed by atoms with Crippen LogP contribution in [0, 0.1) is 5.41 Å². The maximum Gasteiger partial charge on any atom is 0.0892 e. The minimum absolute atomic E-state index is 0.153. The zero-order valence-corrected chi connectivity index (χ0v) is 8.22. The van der Waals surface area contributed by atoms with E-state index in [1.165, 1.54) is 0 Å². The highest BCUT2D eigenvalue weighted by Crippen LogP contribution is 2.41. The molecule has 1 fully saturated rings. The van der Waals surface area contributed by atoms with E-state index in [2.05, 4.69) is 6.92 Å². The van der Waals surface area contributed by atoms with E-state index in [4.69, 9.17) is 15.5 Å². The molecule has 0 bridgehead atoms. The summed E-state index contributed by atoms with van der Waals surface area (Å²) in [5, 5.41) is 0. The Bertz CT molecular complexity index is 151. The molecule has 1 saturated heterocycles. The molecular formula is C9H19NO2. The lowest BCUT2D eigenvalue weighted by atomic mass is 9.70. The van der Waals surface area contributed by atoms with Gasteiger partial charge in [0.2, 0.25) is 0 Å². The Balaban J connectivity index is 2.68. The predicted molar refractivity (Wildman–Crippen MR) is 47.5 cm³/mol. The van der Waals surface area contributed by atoms with Crippen LogP contribution >= 0.6 is 0 Å². The fourth-order valence-corrected chi connectivity index (χ4v) is 1.57. The number of hydrogen-bond donors (Lipinski definition) is 1. The highest BCUT2D eigenvalue weighted by atomic mass is 16.6.